The van der Waals surface area contributed by atoms with Crippen molar-refractivity contribution in [1.29, 1.82) is 0 Å². The Morgan fingerprint density at radius 2 is 1.81 bits per heavy atom. The summed E-state index contributed by atoms with van der Waals surface area (Å²) >= 11 is 1.24. The average Bonchev–Trinajstić information content (AvgIpc) is 2.68. The van der Waals surface area contributed by atoms with E-state index in [1.807, 2.05) is 30.3 Å². The molecular formula is C19H21N3O3S. The van der Waals surface area contributed by atoms with Gasteiger partial charge in [-0.15, -0.1) is 0 Å². The Hall–Kier alpha value is -2.54. The zero-order valence-electron chi connectivity index (χ0n) is 14.3. The van der Waals surface area contributed by atoms with Crippen LogP contribution in [0.1, 0.15) is 12.8 Å². The van der Waals surface area contributed by atoms with E-state index in [0.717, 1.165) is 10.4 Å². The molecule has 0 unspecified atom stereocenters. The molecule has 0 spiro atoms. The fraction of sp³-hybridized carbons (Fsp3) is 0.316. The van der Waals surface area contributed by atoms with Crippen LogP contribution >= 0.6 is 11.8 Å². The van der Waals surface area contributed by atoms with Gasteiger partial charge in [0.1, 0.15) is 0 Å². The molecule has 2 amide bonds. The lowest BCUT2D eigenvalue weighted by Gasteiger charge is -2.31. The first-order valence-electron chi connectivity index (χ1n) is 8.58. The van der Waals surface area contributed by atoms with Crippen LogP contribution in [-0.2, 0) is 9.59 Å². The topological polar surface area (TPSA) is 76.4 Å². The first-order valence-corrected chi connectivity index (χ1v) is 9.57. The summed E-state index contributed by atoms with van der Waals surface area (Å²) in [5, 5.41) is 15.0. The van der Waals surface area contributed by atoms with Crippen molar-refractivity contribution in [1.82, 2.24) is 4.90 Å². The first kappa shape index (κ1) is 18.3. The largest absolute Gasteiger partial charge is 0.618 e. The van der Waals surface area contributed by atoms with Gasteiger partial charge >= 0.3 is 0 Å². The number of carbonyl (C=O) groups is 2. The molecule has 0 atom stereocenters. The van der Waals surface area contributed by atoms with E-state index in [9.17, 15) is 14.8 Å². The summed E-state index contributed by atoms with van der Waals surface area (Å²) in [6, 6.07) is 14.5. The highest BCUT2D eigenvalue weighted by molar-refractivity contribution is 7.99. The van der Waals surface area contributed by atoms with E-state index in [1.165, 1.54) is 18.0 Å². The van der Waals surface area contributed by atoms with E-state index in [-0.39, 0.29) is 23.5 Å². The van der Waals surface area contributed by atoms with Crippen molar-refractivity contribution < 1.29 is 14.3 Å². The Kier molecular flexibility index (Phi) is 6.12. The maximum Gasteiger partial charge on any atom is 0.251 e. The number of benzene rings is 1. The molecule has 1 saturated heterocycles. The van der Waals surface area contributed by atoms with Gasteiger partial charge in [0.25, 0.3) is 5.03 Å². The molecule has 1 N–H and O–H groups in total. The summed E-state index contributed by atoms with van der Waals surface area (Å²) in [5.74, 6) is 0.160. The molecule has 7 heteroatoms. The molecule has 1 fully saturated rings. The van der Waals surface area contributed by atoms with Gasteiger partial charge in [0.15, 0.2) is 6.20 Å². The van der Waals surface area contributed by atoms with Crippen molar-refractivity contribution in [2.24, 2.45) is 5.92 Å². The van der Waals surface area contributed by atoms with Crippen LogP contribution in [0, 0.1) is 11.1 Å². The predicted octanol–water partition coefficient (Wildman–Crippen LogP) is 2.29. The Balaban J connectivity index is 1.45. The third-order valence-electron chi connectivity index (χ3n) is 4.39. The third kappa shape index (κ3) is 4.76. The Labute approximate surface area is 156 Å². The number of anilines is 1. The van der Waals surface area contributed by atoms with Gasteiger partial charge in [0, 0.05) is 36.8 Å². The number of hydrogen-bond acceptors (Lipinski definition) is 4. The number of aromatic nitrogens is 1. The van der Waals surface area contributed by atoms with Gasteiger partial charge in [-0.2, -0.15) is 4.73 Å². The zero-order chi connectivity index (χ0) is 18.4. The summed E-state index contributed by atoms with van der Waals surface area (Å²) in [6.45, 7) is 1.14. The Bertz CT molecular complexity index is 762. The summed E-state index contributed by atoms with van der Waals surface area (Å²) < 4.78 is 0.762. The highest BCUT2D eigenvalue weighted by atomic mass is 32.2. The van der Waals surface area contributed by atoms with Gasteiger partial charge in [-0.25, -0.2) is 0 Å². The van der Waals surface area contributed by atoms with E-state index in [4.69, 9.17) is 0 Å². The van der Waals surface area contributed by atoms with Crippen LogP contribution in [0.3, 0.4) is 0 Å². The van der Waals surface area contributed by atoms with Crippen LogP contribution in [0.25, 0.3) is 0 Å². The molecule has 0 radical (unpaired) electrons. The number of para-hydroxylation sites is 1. The third-order valence-corrected chi connectivity index (χ3v) is 5.39. The zero-order valence-corrected chi connectivity index (χ0v) is 15.2. The molecule has 6 nitrogen and oxygen atoms in total. The second kappa shape index (κ2) is 8.71. The van der Waals surface area contributed by atoms with Crippen molar-refractivity contribution in [2.45, 2.75) is 17.9 Å². The van der Waals surface area contributed by atoms with Crippen LogP contribution in [0.4, 0.5) is 5.69 Å². The SMILES string of the molecule is O=C(Nc1ccccc1)C1CCN(C(=O)CSc2cccc[n+]2[O-])CC1. The number of hydrogen-bond donors (Lipinski definition) is 1. The molecular weight excluding hydrogens is 350 g/mol. The number of pyridine rings is 1. The van der Waals surface area contributed by atoms with Crippen LogP contribution < -0.4 is 10.0 Å². The van der Waals surface area contributed by atoms with E-state index < -0.39 is 0 Å². The molecule has 2 heterocycles. The molecule has 136 valence electrons. The van der Waals surface area contributed by atoms with Crippen molar-refractivity contribution in [3.63, 3.8) is 0 Å². The van der Waals surface area contributed by atoms with E-state index >= 15 is 0 Å². The van der Waals surface area contributed by atoms with Crippen LogP contribution in [-0.4, -0.2) is 35.6 Å². The summed E-state index contributed by atoms with van der Waals surface area (Å²) in [6.07, 6.45) is 2.73. The molecule has 3 rings (SSSR count). The molecule has 0 aliphatic carbocycles. The minimum absolute atomic E-state index is 0.000714. The molecule has 1 aromatic carbocycles. The molecule has 0 saturated carbocycles. The first-order chi connectivity index (χ1) is 12.6. The maximum absolute atomic E-state index is 12.3. The van der Waals surface area contributed by atoms with Gasteiger partial charge in [-0.3, -0.25) is 9.59 Å². The molecule has 0 bridgehead atoms. The number of thioether (sulfide) groups is 1. The van der Waals surface area contributed by atoms with Crippen LogP contribution in [0.5, 0.6) is 0 Å². The van der Waals surface area contributed by atoms with Crippen molar-refractivity contribution in [3.8, 4) is 0 Å². The van der Waals surface area contributed by atoms with E-state index in [1.54, 1.807) is 23.1 Å². The number of nitrogens with zero attached hydrogens (tertiary/aromatic N) is 2. The van der Waals surface area contributed by atoms with E-state index in [0.29, 0.717) is 31.0 Å². The number of rotatable bonds is 5. The lowest BCUT2D eigenvalue weighted by atomic mass is 9.96. The molecule has 1 aliphatic heterocycles. The fourth-order valence-corrected chi connectivity index (χ4v) is 3.73. The monoisotopic (exact) mass is 371 g/mol. The van der Waals surface area contributed by atoms with Crippen molar-refractivity contribution >= 4 is 29.3 Å². The molecule has 26 heavy (non-hydrogen) atoms. The Morgan fingerprint density at radius 1 is 1.12 bits per heavy atom. The molecule has 1 aromatic heterocycles. The number of likely N-dealkylation sites (tertiary alicyclic amines) is 1. The summed E-state index contributed by atoms with van der Waals surface area (Å²) in [4.78, 5) is 26.5. The summed E-state index contributed by atoms with van der Waals surface area (Å²) in [7, 11) is 0. The van der Waals surface area contributed by atoms with Crippen molar-refractivity contribution in [3.05, 3.63) is 59.9 Å². The minimum Gasteiger partial charge on any atom is -0.618 e. The number of amides is 2. The highest BCUT2D eigenvalue weighted by Gasteiger charge is 2.27. The van der Waals surface area contributed by atoms with Crippen LogP contribution in [0.2, 0.25) is 0 Å². The average molecular weight is 371 g/mol. The van der Waals surface area contributed by atoms with Gasteiger partial charge in [0.2, 0.25) is 11.8 Å². The molecule has 2 aromatic rings. The molecule has 1 aliphatic rings. The van der Waals surface area contributed by atoms with Gasteiger partial charge < -0.3 is 15.4 Å². The predicted molar refractivity (Wildman–Crippen MR) is 101 cm³/mol. The minimum atomic E-state index is -0.0789. The lowest BCUT2D eigenvalue weighted by molar-refractivity contribution is -0.645. The van der Waals surface area contributed by atoms with Crippen LogP contribution in [0.15, 0.2) is 59.8 Å². The second-order valence-electron chi connectivity index (χ2n) is 6.16. The quantitative estimate of drug-likeness (QED) is 0.497. The van der Waals surface area contributed by atoms with Gasteiger partial charge in [-0.1, -0.05) is 18.2 Å². The maximum atomic E-state index is 12.3. The van der Waals surface area contributed by atoms with Gasteiger partial charge in [-0.05, 0) is 42.8 Å². The smallest absolute Gasteiger partial charge is 0.251 e. The van der Waals surface area contributed by atoms with Crippen molar-refractivity contribution in [2.75, 3.05) is 24.2 Å². The second-order valence-corrected chi connectivity index (χ2v) is 7.16. The lowest BCUT2D eigenvalue weighted by Crippen LogP contribution is -2.42. The fourth-order valence-electron chi connectivity index (χ4n) is 2.91. The number of nitrogens with one attached hydrogen (secondary N) is 1. The van der Waals surface area contributed by atoms with E-state index in [2.05, 4.69) is 5.32 Å². The summed E-state index contributed by atoms with van der Waals surface area (Å²) in [5.41, 5.74) is 0.793. The standard InChI is InChI=1S/C19H21N3O3S/c23-17(14-26-18-8-4-5-11-22(18)25)21-12-9-15(10-13-21)19(24)20-16-6-2-1-3-7-16/h1-8,11,15H,9-10,12-14H2,(H,20,24). The van der Waals surface area contributed by atoms with Gasteiger partial charge in [0.05, 0.1) is 5.75 Å². The number of carbonyl (C=O) groups excluding carboxylic acids is 2. The Morgan fingerprint density at radius 3 is 2.50 bits per heavy atom. The normalized spacial score (nSPS) is 14.8. The number of piperidine rings is 1. The highest BCUT2D eigenvalue weighted by Crippen LogP contribution is 2.21.